The second-order valence-corrected chi connectivity index (χ2v) is 11.7. The van der Waals surface area contributed by atoms with Crippen LogP contribution < -0.4 is 10.9 Å². The lowest BCUT2D eigenvalue weighted by atomic mass is 9.97. The van der Waals surface area contributed by atoms with E-state index in [0.29, 0.717) is 6.42 Å². The number of hydrogen-bond donors (Lipinski definition) is 3. The summed E-state index contributed by atoms with van der Waals surface area (Å²) < 4.78 is 22.9. The molecule has 13 nitrogen and oxygen atoms in total. The predicted molar refractivity (Wildman–Crippen MR) is 148 cm³/mol. The molecule has 5 atom stereocenters. The highest BCUT2D eigenvalue weighted by molar-refractivity contribution is 7.44. The lowest BCUT2D eigenvalue weighted by Gasteiger charge is -2.38. The van der Waals surface area contributed by atoms with Crippen molar-refractivity contribution in [2.24, 2.45) is 11.8 Å². The number of imidazole rings is 1. The first kappa shape index (κ1) is 31.1. The van der Waals surface area contributed by atoms with Crippen molar-refractivity contribution in [2.45, 2.75) is 85.4 Å². The van der Waals surface area contributed by atoms with Gasteiger partial charge in [-0.25, -0.2) is 16.2 Å². The van der Waals surface area contributed by atoms with Gasteiger partial charge in [0.25, 0.3) is 14.1 Å². The molecule has 14 heteroatoms. The molecule has 2 aromatic heterocycles. The average Bonchev–Trinajstić information content (AvgIpc) is 3.44. The normalized spacial score (nSPS) is 22.3. The first-order chi connectivity index (χ1) is 18.5. The van der Waals surface area contributed by atoms with Crippen molar-refractivity contribution in [3.8, 4) is 0 Å². The van der Waals surface area contributed by atoms with E-state index in [2.05, 4.69) is 29.8 Å². The van der Waals surface area contributed by atoms with Crippen molar-refractivity contribution in [3.63, 3.8) is 0 Å². The number of carbonyl (C=O) groups is 1. The van der Waals surface area contributed by atoms with Gasteiger partial charge in [-0.05, 0) is 34.1 Å². The van der Waals surface area contributed by atoms with Crippen LogP contribution >= 0.6 is 8.53 Å². The highest BCUT2D eigenvalue weighted by atomic mass is 31.2. The molecular formula is C25H40N7O6P. The monoisotopic (exact) mass is 565 g/mol. The molecule has 216 valence electrons. The van der Waals surface area contributed by atoms with Crippen molar-refractivity contribution in [1.29, 1.82) is 0 Å². The molecule has 1 aliphatic heterocycles. The third kappa shape index (κ3) is 7.01. The summed E-state index contributed by atoms with van der Waals surface area (Å²) in [6.07, 6.45) is 0.282. The first-order valence-corrected chi connectivity index (χ1v) is 14.4. The number of hydrogen-bond acceptors (Lipinski definition) is 9. The van der Waals surface area contributed by atoms with Gasteiger partial charge in [0, 0.05) is 23.9 Å². The van der Waals surface area contributed by atoms with E-state index in [1.165, 1.54) is 6.33 Å². The van der Waals surface area contributed by atoms with Gasteiger partial charge in [-0.2, -0.15) is 4.98 Å². The number of carbonyl (C=O) groups excluding carboxylic acids is 1. The minimum Gasteiger partial charge on any atom is -0.396 e. The van der Waals surface area contributed by atoms with Crippen LogP contribution in [0.15, 0.2) is 11.1 Å². The fourth-order valence-electron chi connectivity index (χ4n) is 4.58. The molecule has 3 heterocycles. The SMILES string of the molecule is [C-]#[N+]CCOP(OC1C(CO)C(CC)OC1n1cnc2c(=O)[nH]c(NC(=O)C(C)C)nc21)N(C(C)C)C(C)C. The zero-order valence-corrected chi connectivity index (χ0v) is 24.5. The smallest absolute Gasteiger partial charge is 0.280 e. The molecule has 2 aromatic rings. The Bertz CT molecular complexity index is 1200. The molecule has 0 saturated carbocycles. The van der Waals surface area contributed by atoms with Gasteiger partial charge in [-0.3, -0.25) is 24.5 Å². The number of aromatic amines is 1. The molecule has 1 saturated heterocycles. The number of aliphatic hydroxyl groups excluding tert-OH is 1. The second-order valence-electron chi connectivity index (χ2n) is 10.3. The summed E-state index contributed by atoms with van der Waals surface area (Å²) in [4.78, 5) is 39.7. The molecule has 1 fully saturated rings. The summed E-state index contributed by atoms with van der Waals surface area (Å²) in [7, 11) is -1.64. The Labute approximate surface area is 230 Å². The van der Waals surface area contributed by atoms with Crippen LogP contribution in [0.3, 0.4) is 0 Å². The Hall–Kier alpha value is -2.46. The quantitative estimate of drug-likeness (QED) is 0.189. The molecule has 1 amide bonds. The Morgan fingerprint density at radius 3 is 2.59 bits per heavy atom. The number of ether oxygens (including phenoxy) is 1. The lowest BCUT2D eigenvalue weighted by Crippen LogP contribution is -2.37. The van der Waals surface area contributed by atoms with E-state index in [1.54, 1.807) is 18.4 Å². The van der Waals surface area contributed by atoms with Crippen LogP contribution in [0.4, 0.5) is 5.95 Å². The molecule has 5 unspecified atom stereocenters. The van der Waals surface area contributed by atoms with Crippen LogP contribution in [0.2, 0.25) is 0 Å². The number of nitrogens with one attached hydrogen (secondary N) is 2. The Balaban J connectivity index is 2.06. The molecule has 0 radical (unpaired) electrons. The van der Waals surface area contributed by atoms with Gasteiger partial charge in [0.15, 0.2) is 17.4 Å². The molecule has 3 rings (SSSR count). The van der Waals surface area contributed by atoms with E-state index in [-0.39, 0.29) is 66.9 Å². The van der Waals surface area contributed by atoms with Crippen LogP contribution in [0.1, 0.15) is 61.1 Å². The van der Waals surface area contributed by atoms with Crippen molar-refractivity contribution >= 4 is 31.5 Å². The summed E-state index contributed by atoms with van der Waals surface area (Å²) in [6, 6.07) is 0.168. The highest BCUT2D eigenvalue weighted by Crippen LogP contribution is 2.52. The van der Waals surface area contributed by atoms with Crippen LogP contribution in [0.5, 0.6) is 0 Å². The Kier molecular flexibility index (Phi) is 11.0. The molecule has 39 heavy (non-hydrogen) atoms. The topological polar surface area (TPSA) is 148 Å². The van der Waals surface area contributed by atoms with Crippen LogP contribution in [-0.2, 0) is 18.6 Å². The number of anilines is 1. The third-order valence-corrected chi connectivity index (χ3v) is 8.57. The number of nitrogens with zero attached hydrogens (tertiary/aromatic N) is 5. The summed E-state index contributed by atoms with van der Waals surface area (Å²) in [5.41, 5.74) is -0.204. The zero-order valence-electron chi connectivity index (χ0n) is 23.6. The maximum absolute atomic E-state index is 12.8. The van der Waals surface area contributed by atoms with E-state index < -0.39 is 32.3 Å². The maximum atomic E-state index is 12.8. The lowest BCUT2D eigenvalue weighted by molar-refractivity contribution is -0.118. The molecule has 1 aliphatic rings. The fourth-order valence-corrected chi connectivity index (χ4v) is 6.35. The van der Waals surface area contributed by atoms with E-state index in [4.69, 9.17) is 20.4 Å². The molecule has 0 bridgehead atoms. The number of amides is 1. The van der Waals surface area contributed by atoms with Gasteiger partial charge in [-0.1, -0.05) is 20.8 Å². The Morgan fingerprint density at radius 1 is 1.33 bits per heavy atom. The van der Waals surface area contributed by atoms with Crippen LogP contribution in [0.25, 0.3) is 16.0 Å². The van der Waals surface area contributed by atoms with Gasteiger partial charge < -0.3 is 23.7 Å². The standard InChI is InChI=1S/C25H40N7O6P/c1-9-18-17(12-33)20(38-39(36-11-10-26-8)32(15(4)5)16(6)7)24(37-18)31-13-27-19-21(31)28-25(30-23(19)35)29-22(34)14(2)3/h13-18,20,24,33H,9-12H2,1-7H3,(H2,28,29,30,34,35). The summed E-state index contributed by atoms with van der Waals surface area (Å²) in [6.45, 7) is 21.0. The number of aromatic nitrogens is 4. The second kappa shape index (κ2) is 13.7. The average molecular weight is 566 g/mol. The summed E-state index contributed by atoms with van der Waals surface area (Å²) in [5, 5.41) is 13.0. The van der Waals surface area contributed by atoms with E-state index in [9.17, 15) is 14.7 Å². The minimum absolute atomic E-state index is 0.00434. The number of rotatable bonds is 13. The molecule has 0 spiro atoms. The summed E-state index contributed by atoms with van der Waals surface area (Å²) >= 11 is 0. The van der Waals surface area contributed by atoms with Gasteiger partial charge in [-0.15, -0.1) is 0 Å². The van der Waals surface area contributed by atoms with Gasteiger partial charge >= 0.3 is 0 Å². The number of aliphatic hydroxyl groups is 1. The van der Waals surface area contributed by atoms with E-state index in [1.807, 2.05) is 34.6 Å². The molecule has 0 aliphatic carbocycles. The van der Waals surface area contributed by atoms with Crippen molar-refractivity contribution in [2.75, 3.05) is 25.1 Å². The van der Waals surface area contributed by atoms with Crippen molar-refractivity contribution in [1.82, 2.24) is 24.2 Å². The molecule has 3 N–H and O–H groups in total. The number of fused-ring (bicyclic) bond motifs is 1. The molecule has 0 aromatic carbocycles. The predicted octanol–water partition coefficient (Wildman–Crippen LogP) is 3.30. The van der Waals surface area contributed by atoms with Gasteiger partial charge in [0.1, 0.15) is 12.7 Å². The highest BCUT2D eigenvalue weighted by Gasteiger charge is 2.48. The minimum atomic E-state index is -1.64. The first-order valence-electron chi connectivity index (χ1n) is 13.3. The fraction of sp³-hybridized carbons (Fsp3) is 0.720. The third-order valence-electron chi connectivity index (χ3n) is 6.44. The summed E-state index contributed by atoms with van der Waals surface area (Å²) in [5.74, 6) is -0.993. The Morgan fingerprint density at radius 2 is 2.03 bits per heavy atom. The van der Waals surface area contributed by atoms with Crippen LogP contribution in [0, 0.1) is 18.4 Å². The van der Waals surface area contributed by atoms with Gasteiger partial charge in [0.2, 0.25) is 18.4 Å². The maximum Gasteiger partial charge on any atom is 0.280 e. The van der Waals surface area contributed by atoms with Crippen molar-refractivity contribution < 1.29 is 23.7 Å². The van der Waals surface area contributed by atoms with E-state index in [0.717, 1.165) is 0 Å². The van der Waals surface area contributed by atoms with Gasteiger partial charge in [0.05, 0.1) is 19.0 Å². The number of H-pyrrole nitrogens is 1. The van der Waals surface area contributed by atoms with Crippen LogP contribution in [-0.4, -0.2) is 79.3 Å². The zero-order chi connectivity index (χ0) is 28.9. The van der Waals surface area contributed by atoms with Crippen molar-refractivity contribution in [3.05, 3.63) is 28.1 Å². The van der Waals surface area contributed by atoms with E-state index >= 15 is 0 Å². The largest absolute Gasteiger partial charge is 0.396 e. The molecular weight excluding hydrogens is 525 g/mol.